The minimum atomic E-state index is -0.909. The normalized spacial score (nSPS) is 13.9. The van der Waals surface area contributed by atoms with Crippen molar-refractivity contribution in [2.45, 2.75) is 17.4 Å². The van der Waals surface area contributed by atoms with Crippen LogP contribution in [-0.4, -0.2) is 67.6 Å². The summed E-state index contributed by atoms with van der Waals surface area (Å²) < 4.78 is 7.48. The Balaban J connectivity index is 0.000000315. The van der Waals surface area contributed by atoms with Crippen LogP contribution in [0.2, 0.25) is 0 Å². The number of nitrogens with one attached hydrogen (secondary N) is 2. The number of methoxy groups -OCH3 is 1. The van der Waals surface area contributed by atoms with Gasteiger partial charge in [-0.15, -0.1) is 24.0 Å². The lowest BCUT2D eigenvalue weighted by Gasteiger charge is -2.12. The van der Waals surface area contributed by atoms with Gasteiger partial charge in [-0.05, 0) is 55.4 Å². The van der Waals surface area contributed by atoms with Crippen LogP contribution >= 0.6 is 24.0 Å². The average molecular weight is 583 g/mol. The molecule has 210 valence electrons. The number of carboxylic acid groups (broad SMARTS) is 1. The maximum Gasteiger partial charge on any atom is 0.335 e. The number of carboxylic acids is 1. The molecular formula is C27H30N6O5S2. The molecule has 0 amide bonds. The largest absolute Gasteiger partial charge is 0.497 e. The van der Waals surface area contributed by atoms with E-state index < -0.39 is 5.97 Å². The maximum atomic E-state index is 10.3. The SMILES string of the molecule is COc1cccc(-c2nc3sccn3c2-c2ccnc(N[C@@H]3CCNC3)n2)c1.O.O.O=C(O)c1ccc(S)cc1. The van der Waals surface area contributed by atoms with Crippen molar-refractivity contribution in [3.63, 3.8) is 0 Å². The van der Waals surface area contributed by atoms with Gasteiger partial charge in [-0.25, -0.2) is 19.7 Å². The first kappa shape index (κ1) is 30.5. The van der Waals surface area contributed by atoms with Crippen LogP contribution in [0.4, 0.5) is 5.95 Å². The van der Waals surface area contributed by atoms with E-state index in [1.165, 1.54) is 12.1 Å². The molecule has 1 aliphatic heterocycles. The molecule has 0 bridgehead atoms. The van der Waals surface area contributed by atoms with Crippen LogP contribution in [-0.2, 0) is 0 Å². The maximum absolute atomic E-state index is 10.3. The number of carbonyl (C=O) groups is 1. The van der Waals surface area contributed by atoms with Crippen molar-refractivity contribution in [2.75, 3.05) is 25.5 Å². The highest BCUT2D eigenvalue weighted by Crippen LogP contribution is 2.34. The standard InChI is InChI=1S/C20H20N6OS.C7H6O2S.2H2O/c1-27-15-4-2-3-13(11-15)17-18(26-9-10-28-20(26)25-17)16-6-8-22-19(24-16)23-14-5-7-21-12-14;8-7(9)5-1-3-6(10)4-2-5;;/h2-4,6,8-11,14,21H,5,7,12H2,1H3,(H,22,23,24);1-4,10H,(H,8,9);2*1H2/t14-;;;/m1.../s1. The Bertz CT molecular complexity index is 1550. The molecule has 2 aromatic carbocycles. The Morgan fingerprint density at radius 1 is 1.18 bits per heavy atom. The number of nitrogens with zero attached hydrogens (tertiary/aromatic N) is 4. The van der Waals surface area contributed by atoms with Gasteiger partial charge in [-0.3, -0.25) is 4.40 Å². The zero-order chi connectivity index (χ0) is 26.5. The van der Waals surface area contributed by atoms with Gasteiger partial charge in [0.1, 0.15) is 11.4 Å². The van der Waals surface area contributed by atoms with Crippen LogP contribution in [0.1, 0.15) is 16.8 Å². The van der Waals surface area contributed by atoms with Crippen molar-refractivity contribution >= 4 is 40.8 Å². The first-order valence-electron chi connectivity index (χ1n) is 11.9. The second-order valence-electron chi connectivity index (χ2n) is 8.55. The molecule has 0 saturated carbocycles. The lowest BCUT2D eigenvalue weighted by atomic mass is 10.1. The average Bonchev–Trinajstić information content (AvgIpc) is 3.68. The van der Waals surface area contributed by atoms with E-state index in [1.807, 2.05) is 41.9 Å². The summed E-state index contributed by atoms with van der Waals surface area (Å²) >= 11 is 5.61. The summed E-state index contributed by atoms with van der Waals surface area (Å²) in [6, 6.07) is 16.6. The Hall–Kier alpha value is -4.01. The molecular weight excluding hydrogens is 552 g/mol. The number of hydrogen-bond acceptors (Lipinski definition) is 9. The van der Waals surface area contributed by atoms with Crippen LogP contribution in [0.5, 0.6) is 5.75 Å². The molecule has 13 heteroatoms. The topological polar surface area (TPSA) is 177 Å². The van der Waals surface area contributed by atoms with Crippen LogP contribution in [0.25, 0.3) is 27.6 Å². The van der Waals surface area contributed by atoms with Crippen LogP contribution < -0.4 is 15.4 Å². The lowest BCUT2D eigenvalue weighted by molar-refractivity contribution is 0.0696. The third kappa shape index (κ3) is 6.94. The third-order valence-electron chi connectivity index (χ3n) is 6.01. The van der Waals surface area contributed by atoms with E-state index in [2.05, 4.69) is 32.6 Å². The molecule has 7 N–H and O–H groups in total. The monoisotopic (exact) mass is 582 g/mol. The molecule has 3 aromatic heterocycles. The van der Waals surface area contributed by atoms with Crippen molar-refractivity contribution in [1.82, 2.24) is 24.7 Å². The summed E-state index contributed by atoms with van der Waals surface area (Å²) in [4.78, 5) is 26.1. The van der Waals surface area contributed by atoms with Crippen LogP contribution in [0.3, 0.4) is 0 Å². The number of aromatic nitrogens is 4. The summed E-state index contributed by atoms with van der Waals surface area (Å²) in [5.41, 5.74) is 3.97. The predicted octanol–water partition coefficient (Wildman–Crippen LogP) is 3.33. The summed E-state index contributed by atoms with van der Waals surface area (Å²) in [6.07, 6.45) is 4.90. The molecule has 11 nitrogen and oxygen atoms in total. The smallest absolute Gasteiger partial charge is 0.335 e. The van der Waals surface area contributed by atoms with E-state index in [1.54, 1.807) is 36.8 Å². The van der Waals surface area contributed by atoms with E-state index >= 15 is 0 Å². The number of hydrogen-bond donors (Lipinski definition) is 4. The molecule has 1 aliphatic rings. The number of imidazole rings is 1. The molecule has 0 radical (unpaired) electrons. The first-order chi connectivity index (χ1) is 18.5. The third-order valence-corrected chi connectivity index (χ3v) is 7.07. The quantitative estimate of drug-likeness (QED) is 0.220. The second kappa shape index (κ2) is 13.9. The molecule has 6 rings (SSSR count). The molecule has 0 aliphatic carbocycles. The summed E-state index contributed by atoms with van der Waals surface area (Å²) in [7, 11) is 1.67. The molecule has 40 heavy (non-hydrogen) atoms. The van der Waals surface area contributed by atoms with Gasteiger partial charge >= 0.3 is 5.97 Å². The molecule has 1 atom stereocenters. The summed E-state index contributed by atoms with van der Waals surface area (Å²) in [5.74, 6) is 0.542. The van der Waals surface area contributed by atoms with E-state index in [0.29, 0.717) is 12.0 Å². The van der Waals surface area contributed by atoms with Gasteiger partial charge in [0.2, 0.25) is 5.95 Å². The van der Waals surface area contributed by atoms with E-state index in [-0.39, 0.29) is 16.5 Å². The van der Waals surface area contributed by atoms with Gasteiger partial charge in [-0.2, -0.15) is 0 Å². The fourth-order valence-corrected chi connectivity index (χ4v) is 4.99. The summed E-state index contributed by atoms with van der Waals surface area (Å²) in [6.45, 7) is 1.96. The Morgan fingerprint density at radius 2 is 1.98 bits per heavy atom. The predicted molar refractivity (Wildman–Crippen MR) is 159 cm³/mol. The van der Waals surface area contributed by atoms with Gasteiger partial charge in [0.15, 0.2) is 4.96 Å². The van der Waals surface area contributed by atoms with Crippen molar-refractivity contribution < 1.29 is 25.6 Å². The molecule has 1 saturated heterocycles. The Kier molecular flexibility index (Phi) is 10.6. The van der Waals surface area contributed by atoms with Gasteiger partial charge in [0.25, 0.3) is 0 Å². The van der Waals surface area contributed by atoms with Gasteiger partial charge < -0.3 is 31.4 Å². The highest BCUT2D eigenvalue weighted by molar-refractivity contribution is 7.80. The first-order valence-corrected chi connectivity index (χ1v) is 13.3. The van der Waals surface area contributed by atoms with Gasteiger partial charge in [-0.1, -0.05) is 12.1 Å². The van der Waals surface area contributed by atoms with Crippen molar-refractivity contribution in [3.05, 3.63) is 77.9 Å². The van der Waals surface area contributed by atoms with Crippen LogP contribution in [0.15, 0.2) is 77.3 Å². The molecule has 4 heterocycles. The zero-order valence-electron chi connectivity index (χ0n) is 21.5. The summed E-state index contributed by atoms with van der Waals surface area (Å²) in [5, 5.41) is 17.3. The number of aromatic carboxylic acids is 1. The van der Waals surface area contributed by atoms with Crippen molar-refractivity contribution in [2.24, 2.45) is 0 Å². The highest BCUT2D eigenvalue weighted by Gasteiger charge is 2.20. The molecule has 0 spiro atoms. The minimum Gasteiger partial charge on any atom is -0.497 e. The molecule has 1 fully saturated rings. The highest BCUT2D eigenvalue weighted by atomic mass is 32.1. The fourth-order valence-electron chi connectivity index (χ4n) is 4.13. The van der Waals surface area contributed by atoms with Crippen molar-refractivity contribution in [3.8, 4) is 28.4 Å². The van der Waals surface area contributed by atoms with Gasteiger partial charge in [0, 0.05) is 40.8 Å². The fraction of sp³-hybridized carbons (Fsp3) is 0.185. The second-order valence-corrected chi connectivity index (χ2v) is 9.94. The van der Waals surface area contributed by atoms with E-state index in [0.717, 1.165) is 57.8 Å². The van der Waals surface area contributed by atoms with Crippen LogP contribution in [0, 0.1) is 0 Å². The number of anilines is 1. The van der Waals surface area contributed by atoms with Crippen molar-refractivity contribution in [1.29, 1.82) is 0 Å². The van der Waals surface area contributed by atoms with Gasteiger partial charge in [0.05, 0.1) is 24.1 Å². The van der Waals surface area contributed by atoms with E-state index in [4.69, 9.17) is 19.8 Å². The number of thiol groups is 1. The lowest BCUT2D eigenvalue weighted by Crippen LogP contribution is -2.23. The molecule has 0 unspecified atom stereocenters. The number of benzene rings is 2. The Labute approximate surface area is 239 Å². The number of thiazole rings is 1. The number of rotatable bonds is 6. The zero-order valence-corrected chi connectivity index (χ0v) is 23.2. The minimum absolute atomic E-state index is 0. The molecule has 5 aromatic rings. The van der Waals surface area contributed by atoms with E-state index in [9.17, 15) is 4.79 Å². The number of fused-ring (bicyclic) bond motifs is 1. The Morgan fingerprint density at radius 3 is 2.67 bits per heavy atom. The number of ether oxygens (including phenoxy) is 1.